The molecule has 1 amide bonds. The minimum atomic E-state index is -4.38. The number of benzene rings is 1. The Hall–Kier alpha value is -1.92. The number of fused-ring (bicyclic) bond motifs is 1. The average Bonchev–Trinajstić information content (AvgIpc) is 2.41. The number of halogens is 3. The minimum Gasteiger partial charge on any atom is -0.484 e. The number of carbonyl (C=O) groups excluding carboxylic acids is 1. The Morgan fingerprint density at radius 3 is 2.57 bits per heavy atom. The highest BCUT2D eigenvalue weighted by Gasteiger charge is 2.30. The van der Waals surface area contributed by atoms with Crippen LogP contribution in [0.4, 0.5) is 23.7 Å². The van der Waals surface area contributed by atoms with Gasteiger partial charge in [-0.1, -0.05) is 0 Å². The largest absolute Gasteiger partial charge is 0.484 e. The van der Waals surface area contributed by atoms with Crippen LogP contribution in [-0.4, -0.2) is 31.0 Å². The van der Waals surface area contributed by atoms with Gasteiger partial charge in [-0.2, -0.15) is 13.2 Å². The van der Waals surface area contributed by atoms with E-state index in [9.17, 15) is 18.0 Å². The molecule has 1 aliphatic heterocycles. The van der Waals surface area contributed by atoms with Crippen LogP contribution in [0.5, 0.6) is 5.75 Å². The Balaban J connectivity index is 2.15. The molecule has 1 aromatic carbocycles. The van der Waals surface area contributed by atoms with Gasteiger partial charge in [0.25, 0.3) is 0 Å². The van der Waals surface area contributed by atoms with Gasteiger partial charge in [0.1, 0.15) is 11.4 Å². The van der Waals surface area contributed by atoms with Crippen LogP contribution in [-0.2, 0) is 11.2 Å². The van der Waals surface area contributed by atoms with Crippen molar-refractivity contribution in [1.29, 1.82) is 0 Å². The lowest BCUT2D eigenvalue weighted by Gasteiger charge is -2.31. The summed E-state index contributed by atoms with van der Waals surface area (Å²) in [6.45, 7) is 4.53. The third-order valence-corrected chi connectivity index (χ3v) is 3.19. The topological polar surface area (TPSA) is 38.8 Å². The maximum absolute atomic E-state index is 12.2. The first kappa shape index (κ1) is 17.4. The second-order valence-electron chi connectivity index (χ2n) is 6.43. The van der Waals surface area contributed by atoms with E-state index in [0.717, 1.165) is 12.0 Å². The van der Waals surface area contributed by atoms with E-state index in [1.165, 1.54) is 11.0 Å². The molecule has 0 aromatic heterocycles. The molecule has 1 aliphatic rings. The van der Waals surface area contributed by atoms with E-state index >= 15 is 0 Å². The summed E-state index contributed by atoms with van der Waals surface area (Å²) < 4.78 is 46.8. The van der Waals surface area contributed by atoms with Crippen molar-refractivity contribution >= 4 is 11.8 Å². The lowest BCUT2D eigenvalue weighted by atomic mass is 10.0. The molecule has 0 aliphatic carbocycles. The number of hydrogen-bond donors (Lipinski definition) is 0. The van der Waals surface area contributed by atoms with Crippen LogP contribution in [0.3, 0.4) is 0 Å². The van der Waals surface area contributed by atoms with E-state index in [2.05, 4.69) is 0 Å². The van der Waals surface area contributed by atoms with Gasteiger partial charge in [-0.3, -0.25) is 4.90 Å². The van der Waals surface area contributed by atoms with Crippen LogP contribution in [0.1, 0.15) is 32.8 Å². The quantitative estimate of drug-likeness (QED) is 0.810. The predicted molar refractivity (Wildman–Crippen MR) is 79.9 cm³/mol. The number of nitrogens with zero attached hydrogens (tertiary/aromatic N) is 1. The van der Waals surface area contributed by atoms with Gasteiger partial charge < -0.3 is 9.47 Å². The first-order valence-electron chi connectivity index (χ1n) is 7.38. The maximum atomic E-state index is 12.2. The van der Waals surface area contributed by atoms with Crippen molar-refractivity contribution in [2.24, 2.45) is 0 Å². The van der Waals surface area contributed by atoms with E-state index in [1.807, 2.05) is 0 Å². The van der Waals surface area contributed by atoms with Crippen LogP contribution >= 0.6 is 0 Å². The second-order valence-corrected chi connectivity index (χ2v) is 6.43. The van der Waals surface area contributed by atoms with E-state index in [1.54, 1.807) is 32.9 Å². The SMILES string of the molecule is CC(C)(C)OC(=O)N1CCCc2cc(OCC(F)(F)F)ccc21. The van der Waals surface area contributed by atoms with Crippen molar-refractivity contribution in [2.75, 3.05) is 18.1 Å². The zero-order chi connectivity index (χ0) is 17.3. The lowest BCUT2D eigenvalue weighted by Crippen LogP contribution is -2.39. The molecular formula is C16H20F3NO3. The smallest absolute Gasteiger partial charge is 0.422 e. The molecular weight excluding hydrogens is 311 g/mol. The summed E-state index contributed by atoms with van der Waals surface area (Å²) in [5.74, 6) is 0.145. The van der Waals surface area contributed by atoms with E-state index in [4.69, 9.17) is 9.47 Å². The molecule has 0 atom stereocenters. The number of carbonyl (C=O) groups is 1. The first-order valence-corrected chi connectivity index (χ1v) is 7.38. The summed E-state index contributed by atoms with van der Waals surface area (Å²) in [5, 5.41) is 0. The van der Waals surface area contributed by atoms with Gasteiger partial charge in [0, 0.05) is 6.54 Å². The zero-order valence-electron chi connectivity index (χ0n) is 13.4. The molecule has 0 radical (unpaired) electrons. The predicted octanol–water partition coefficient (Wildman–Crippen LogP) is 4.32. The molecule has 4 nitrogen and oxygen atoms in total. The Morgan fingerprint density at radius 2 is 1.96 bits per heavy atom. The summed E-state index contributed by atoms with van der Waals surface area (Å²) in [6, 6.07) is 4.59. The van der Waals surface area contributed by atoms with Crippen molar-refractivity contribution in [3.8, 4) is 5.75 Å². The van der Waals surface area contributed by atoms with E-state index in [0.29, 0.717) is 18.7 Å². The number of hydrogen-bond acceptors (Lipinski definition) is 3. The summed E-state index contributed by atoms with van der Waals surface area (Å²) in [4.78, 5) is 13.8. The molecule has 1 aromatic rings. The molecule has 128 valence electrons. The van der Waals surface area contributed by atoms with Crippen LogP contribution < -0.4 is 9.64 Å². The molecule has 1 heterocycles. The second kappa shape index (κ2) is 6.29. The third-order valence-electron chi connectivity index (χ3n) is 3.19. The molecule has 0 spiro atoms. The monoisotopic (exact) mass is 331 g/mol. The highest BCUT2D eigenvalue weighted by atomic mass is 19.4. The third kappa shape index (κ3) is 5.04. The van der Waals surface area contributed by atoms with Crippen LogP contribution in [0.15, 0.2) is 18.2 Å². The molecule has 0 saturated heterocycles. The number of rotatable bonds is 2. The molecule has 0 N–H and O–H groups in total. The van der Waals surface area contributed by atoms with Gasteiger partial charge in [-0.05, 0) is 57.4 Å². The van der Waals surface area contributed by atoms with E-state index < -0.39 is 24.5 Å². The van der Waals surface area contributed by atoms with Gasteiger partial charge in [-0.15, -0.1) is 0 Å². The van der Waals surface area contributed by atoms with Crippen molar-refractivity contribution in [3.05, 3.63) is 23.8 Å². The molecule has 0 bridgehead atoms. The Kier molecular flexibility index (Phi) is 4.77. The van der Waals surface area contributed by atoms with Crippen LogP contribution in [0, 0.1) is 0 Å². The van der Waals surface area contributed by atoms with Gasteiger partial charge in [0.05, 0.1) is 5.69 Å². The van der Waals surface area contributed by atoms with Crippen LogP contribution in [0.25, 0.3) is 0 Å². The Bertz CT molecular complexity index is 579. The minimum absolute atomic E-state index is 0.145. The molecule has 7 heteroatoms. The standard InChI is InChI=1S/C16H20F3NO3/c1-15(2,3)23-14(21)20-8-4-5-11-9-12(6-7-13(11)20)22-10-16(17,18)19/h6-7,9H,4-5,8,10H2,1-3H3. The molecule has 0 unspecified atom stereocenters. The maximum Gasteiger partial charge on any atom is 0.422 e. The highest BCUT2D eigenvalue weighted by Crippen LogP contribution is 2.32. The normalized spacial score (nSPS) is 15.1. The summed E-state index contributed by atoms with van der Waals surface area (Å²) in [7, 11) is 0. The molecule has 0 fully saturated rings. The fraction of sp³-hybridized carbons (Fsp3) is 0.562. The average molecular weight is 331 g/mol. The Labute approximate surface area is 133 Å². The fourth-order valence-corrected chi connectivity index (χ4v) is 2.34. The van der Waals surface area contributed by atoms with Crippen molar-refractivity contribution in [2.45, 2.75) is 45.4 Å². The van der Waals surface area contributed by atoms with Crippen LogP contribution in [0.2, 0.25) is 0 Å². The fourth-order valence-electron chi connectivity index (χ4n) is 2.34. The van der Waals surface area contributed by atoms with Crippen molar-refractivity contribution in [1.82, 2.24) is 0 Å². The number of ether oxygens (including phenoxy) is 2. The molecule has 0 saturated carbocycles. The highest BCUT2D eigenvalue weighted by molar-refractivity contribution is 5.89. The van der Waals surface area contributed by atoms with Gasteiger partial charge in [-0.25, -0.2) is 4.79 Å². The lowest BCUT2D eigenvalue weighted by molar-refractivity contribution is -0.153. The number of anilines is 1. The number of alkyl halides is 3. The van der Waals surface area contributed by atoms with E-state index in [-0.39, 0.29) is 5.75 Å². The Morgan fingerprint density at radius 1 is 1.26 bits per heavy atom. The van der Waals surface area contributed by atoms with Gasteiger partial charge >= 0.3 is 12.3 Å². The molecule has 2 rings (SSSR count). The van der Waals surface area contributed by atoms with Crippen molar-refractivity contribution in [3.63, 3.8) is 0 Å². The number of amides is 1. The summed E-state index contributed by atoms with van der Waals surface area (Å²) >= 11 is 0. The first-order chi connectivity index (χ1) is 10.6. The number of aryl methyl sites for hydroxylation is 1. The molecule has 23 heavy (non-hydrogen) atoms. The van der Waals surface area contributed by atoms with Crippen molar-refractivity contribution < 1.29 is 27.4 Å². The summed E-state index contributed by atoms with van der Waals surface area (Å²) in [5.41, 5.74) is 0.830. The summed E-state index contributed by atoms with van der Waals surface area (Å²) in [6.07, 6.45) is -3.44. The van der Waals surface area contributed by atoms with Gasteiger partial charge in [0.2, 0.25) is 0 Å². The van der Waals surface area contributed by atoms with Gasteiger partial charge in [0.15, 0.2) is 6.61 Å². The zero-order valence-corrected chi connectivity index (χ0v) is 13.4.